The molecular formula is C21H23N3O5S. The molecule has 0 bridgehead atoms. The fourth-order valence-electron chi connectivity index (χ4n) is 4.90. The molecule has 0 unspecified atom stereocenters. The monoisotopic (exact) mass is 429 g/mol. The summed E-state index contributed by atoms with van der Waals surface area (Å²) in [6, 6.07) is 15.0. The molecule has 2 saturated heterocycles. The zero-order valence-electron chi connectivity index (χ0n) is 16.3. The second-order valence-electron chi connectivity index (χ2n) is 7.68. The molecule has 8 nitrogen and oxygen atoms in total. The van der Waals surface area contributed by atoms with Crippen molar-refractivity contribution >= 4 is 15.7 Å². The standard InChI is InChI=1S/C21H23N3O5S/c1-2-12-23-18(13-25)20(16-8-4-3-5-9-16)21(23)14-22(15-21)30(28,29)19-11-7-6-10-17(19)24(26)27/h2-11,18,20,25H,1,12-15H2/t18-,20-/m0/s1. The fourth-order valence-corrected chi connectivity index (χ4v) is 6.62. The van der Waals surface area contributed by atoms with Crippen molar-refractivity contribution in [3.05, 3.63) is 82.9 Å². The van der Waals surface area contributed by atoms with Crippen molar-refractivity contribution in [2.24, 2.45) is 0 Å². The molecule has 30 heavy (non-hydrogen) atoms. The van der Waals surface area contributed by atoms with E-state index in [9.17, 15) is 23.6 Å². The first-order valence-corrected chi connectivity index (χ1v) is 11.1. The summed E-state index contributed by atoms with van der Waals surface area (Å²) in [5.74, 6) is -0.0409. The predicted molar refractivity (Wildman–Crippen MR) is 112 cm³/mol. The van der Waals surface area contributed by atoms with Gasteiger partial charge in [0.05, 0.1) is 17.1 Å². The lowest BCUT2D eigenvalue weighted by atomic mass is 9.61. The zero-order valence-corrected chi connectivity index (χ0v) is 17.1. The second kappa shape index (κ2) is 7.59. The van der Waals surface area contributed by atoms with Crippen LogP contribution in [0.5, 0.6) is 0 Å². The highest BCUT2D eigenvalue weighted by molar-refractivity contribution is 7.89. The second-order valence-corrected chi connectivity index (χ2v) is 9.59. The van der Waals surface area contributed by atoms with Crippen LogP contribution in [0.3, 0.4) is 0 Å². The Kier molecular flexibility index (Phi) is 5.23. The van der Waals surface area contributed by atoms with E-state index in [2.05, 4.69) is 11.5 Å². The van der Waals surface area contributed by atoms with Gasteiger partial charge in [-0.15, -0.1) is 6.58 Å². The van der Waals surface area contributed by atoms with Gasteiger partial charge in [0.1, 0.15) is 0 Å². The van der Waals surface area contributed by atoms with Crippen molar-refractivity contribution in [2.75, 3.05) is 26.2 Å². The minimum atomic E-state index is -4.02. The minimum Gasteiger partial charge on any atom is -0.395 e. The van der Waals surface area contributed by atoms with Crippen molar-refractivity contribution in [1.82, 2.24) is 9.21 Å². The summed E-state index contributed by atoms with van der Waals surface area (Å²) < 4.78 is 27.6. The molecule has 1 N–H and O–H groups in total. The summed E-state index contributed by atoms with van der Waals surface area (Å²) in [4.78, 5) is 12.4. The lowest BCUT2D eigenvalue weighted by Crippen LogP contribution is -2.84. The Labute approximate surface area is 175 Å². The molecule has 2 fully saturated rings. The molecule has 0 aliphatic carbocycles. The molecule has 0 radical (unpaired) electrons. The Balaban J connectivity index is 1.67. The van der Waals surface area contributed by atoms with Crippen LogP contribution in [0.4, 0.5) is 5.69 Å². The maximum Gasteiger partial charge on any atom is 0.289 e. The van der Waals surface area contributed by atoms with Crippen molar-refractivity contribution < 1.29 is 18.4 Å². The molecular weight excluding hydrogens is 406 g/mol. The Bertz CT molecular complexity index is 1070. The van der Waals surface area contributed by atoms with E-state index < -0.39 is 26.2 Å². The maximum absolute atomic E-state index is 13.2. The topological polar surface area (TPSA) is 104 Å². The van der Waals surface area contributed by atoms with E-state index in [1.807, 2.05) is 30.3 Å². The minimum absolute atomic E-state index is 0.0409. The van der Waals surface area contributed by atoms with Crippen LogP contribution in [-0.2, 0) is 10.0 Å². The average Bonchev–Trinajstić information content (AvgIpc) is 2.70. The number of aliphatic hydroxyl groups is 1. The van der Waals surface area contributed by atoms with Gasteiger partial charge in [0.25, 0.3) is 5.69 Å². The summed E-state index contributed by atoms with van der Waals surface area (Å²) >= 11 is 0. The molecule has 2 aliphatic rings. The number of likely N-dealkylation sites (tertiary alicyclic amines) is 1. The first-order valence-electron chi connectivity index (χ1n) is 9.64. The third-order valence-corrected chi connectivity index (χ3v) is 8.03. The van der Waals surface area contributed by atoms with E-state index in [4.69, 9.17) is 0 Å². The van der Waals surface area contributed by atoms with Crippen molar-refractivity contribution in [1.29, 1.82) is 0 Å². The summed E-state index contributed by atoms with van der Waals surface area (Å²) in [5.41, 5.74) is 0.141. The SMILES string of the molecule is C=CCN1[C@@H](CO)[C@H](c2ccccc2)C12CN(S(=O)(=O)c1ccccc1[N+](=O)[O-])C2. The number of nitro benzene ring substituents is 1. The van der Waals surface area contributed by atoms with E-state index in [0.717, 1.165) is 5.56 Å². The lowest BCUT2D eigenvalue weighted by Gasteiger charge is -2.70. The zero-order chi connectivity index (χ0) is 21.5. The van der Waals surface area contributed by atoms with Gasteiger partial charge in [0, 0.05) is 37.7 Å². The summed E-state index contributed by atoms with van der Waals surface area (Å²) in [6.07, 6.45) is 1.74. The summed E-state index contributed by atoms with van der Waals surface area (Å²) in [6.45, 7) is 4.66. The Morgan fingerprint density at radius 3 is 2.40 bits per heavy atom. The van der Waals surface area contributed by atoms with Gasteiger partial charge in [-0.1, -0.05) is 48.5 Å². The van der Waals surface area contributed by atoms with Crippen LogP contribution in [-0.4, -0.2) is 65.5 Å². The van der Waals surface area contributed by atoms with Crippen LogP contribution < -0.4 is 0 Å². The van der Waals surface area contributed by atoms with E-state index in [1.54, 1.807) is 6.08 Å². The highest BCUT2D eigenvalue weighted by Gasteiger charge is 2.67. The van der Waals surface area contributed by atoms with E-state index in [1.165, 1.54) is 28.6 Å². The number of benzene rings is 2. The van der Waals surface area contributed by atoms with Crippen molar-refractivity contribution in [3.8, 4) is 0 Å². The third kappa shape index (κ3) is 2.97. The fraction of sp³-hybridized carbons (Fsp3) is 0.333. The molecule has 2 heterocycles. The highest BCUT2D eigenvalue weighted by atomic mass is 32.2. The van der Waals surface area contributed by atoms with E-state index >= 15 is 0 Å². The number of nitrogens with zero attached hydrogens (tertiary/aromatic N) is 3. The van der Waals surface area contributed by atoms with Crippen LogP contribution >= 0.6 is 0 Å². The maximum atomic E-state index is 13.2. The van der Waals surface area contributed by atoms with E-state index in [-0.39, 0.29) is 36.6 Å². The smallest absolute Gasteiger partial charge is 0.289 e. The molecule has 2 aromatic carbocycles. The quantitative estimate of drug-likeness (QED) is 0.410. The molecule has 158 valence electrons. The van der Waals surface area contributed by atoms with Gasteiger partial charge in [-0.05, 0) is 11.6 Å². The number of sulfonamides is 1. The molecule has 0 amide bonds. The molecule has 2 aliphatic heterocycles. The van der Waals surface area contributed by atoms with Crippen LogP contribution in [0.2, 0.25) is 0 Å². The summed E-state index contributed by atoms with van der Waals surface area (Å²) in [5, 5.41) is 21.3. The summed E-state index contributed by atoms with van der Waals surface area (Å²) in [7, 11) is -4.02. The Morgan fingerprint density at radius 2 is 1.80 bits per heavy atom. The lowest BCUT2D eigenvalue weighted by molar-refractivity contribution is -0.387. The van der Waals surface area contributed by atoms with Gasteiger partial charge in [0.15, 0.2) is 4.90 Å². The first-order chi connectivity index (χ1) is 14.4. The molecule has 0 saturated carbocycles. The van der Waals surface area contributed by atoms with Gasteiger partial charge < -0.3 is 5.11 Å². The molecule has 2 atom stereocenters. The van der Waals surface area contributed by atoms with Crippen LogP contribution in [0, 0.1) is 10.1 Å². The van der Waals surface area contributed by atoms with Crippen LogP contribution in [0.15, 0.2) is 72.1 Å². The number of para-hydroxylation sites is 1. The van der Waals surface area contributed by atoms with Gasteiger partial charge >= 0.3 is 0 Å². The van der Waals surface area contributed by atoms with Gasteiger partial charge in [-0.2, -0.15) is 4.31 Å². The molecule has 4 rings (SSSR count). The first kappa shape index (κ1) is 20.7. The van der Waals surface area contributed by atoms with Crippen LogP contribution in [0.1, 0.15) is 11.5 Å². The normalized spacial score (nSPS) is 23.5. The molecule has 9 heteroatoms. The number of hydrogen-bond donors (Lipinski definition) is 1. The number of aliphatic hydroxyl groups excluding tert-OH is 1. The van der Waals surface area contributed by atoms with Gasteiger partial charge in [-0.3, -0.25) is 15.0 Å². The van der Waals surface area contributed by atoms with Crippen LogP contribution in [0.25, 0.3) is 0 Å². The number of nitro groups is 1. The van der Waals surface area contributed by atoms with Gasteiger partial charge in [-0.25, -0.2) is 8.42 Å². The Morgan fingerprint density at radius 1 is 1.17 bits per heavy atom. The van der Waals surface area contributed by atoms with Gasteiger partial charge in [0.2, 0.25) is 10.0 Å². The third-order valence-electron chi connectivity index (χ3n) is 6.19. The predicted octanol–water partition coefficient (Wildman–Crippen LogP) is 1.98. The van der Waals surface area contributed by atoms with Crippen molar-refractivity contribution in [3.63, 3.8) is 0 Å². The Hall–Kier alpha value is -2.59. The molecule has 1 spiro atoms. The average molecular weight is 429 g/mol. The molecule has 0 aromatic heterocycles. The number of hydrogen-bond acceptors (Lipinski definition) is 6. The number of rotatable bonds is 7. The van der Waals surface area contributed by atoms with E-state index in [0.29, 0.717) is 6.54 Å². The highest BCUT2D eigenvalue weighted by Crippen LogP contribution is 2.54. The van der Waals surface area contributed by atoms with Crippen molar-refractivity contribution in [2.45, 2.75) is 22.4 Å². The largest absolute Gasteiger partial charge is 0.395 e. The molecule has 2 aromatic rings.